The maximum absolute atomic E-state index is 5.95. The molecule has 2 rings (SSSR count). The van der Waals surface area contributed by atoms with Crippen LogP contribution in [0.4, 0.5) is 5.82 Å². The monoisotopic (exact) mass is 259 g/mol. The molecule has 1 aromatic carbocycles. The summed E-state index contributed by atoms with van der Waals surface area (Å²) in [7, 11) is 1.68. The van der Waals surface area contributed by atoms with Gasteiger partial charge < -0.3 is 10.5 Å². The fourth-order valence-corrected chi connectivity index (χ4v) is 2.21. The summed E-state index contributed by atoms with van der Waals surface area (Å²) in [5.74, 6) is 2.00. The Labute approximate surface area is 114 Å². The van der Waals surface area contributed by atoms with E-state index in [2.05, 4.69) is 30.1 Å². The number of aryl methyl sites for hydroxylation is 1. The second-order valence-electron chi connectivity index (χ2n) is 5.24. The molecule has 0 saturated carbocycles. The van der Waals surface area contributed by atoms with Crippen LogP contribution < -0.4 is 10.5 Å². The minimum absolute atomic E-state index is 0.533. The van der Waals surface area contributed by atoms with Crippen molar-refractivity contribution >= 4 is 5.82 Å². The van der Waals surface area contributed by atoms with Gasteiger partial charge in [0.05, 0.1) is 12.8 Å². The molecule has 102 valence electrons. The van der Waals surface area contributed by atoms with Crippen molar-refractivity contribution in [1.82, 2.24) is 10.2 Å². The first kappa shape index (κ1) is 13.5. The van der Waals surface area contributed by atoms with Gasteiger partial charge in [-0.3, -0.25) is 5.10 Å². The van der Waals surface area contributed by atoms with E-state index in [-0.39, 0.29) is 0 Å². The Morgan fingerprint density at radius 1 is 1.37 bits per heavy atom. The first-order chi connectivity index (χ1) is 9.02. The summed E-state index contributed by atoms with van der Waals surface area (Å²) in [5.41, 5.74) is 10.2. The molecule has 1 aromatic heterocycles. The van der Waals surface area contributed by atoms with E-state index in [4.69, 9.17) is 10.5 Å². The number of rotatable bonds is 4. The minimum Gasteiger partial charge on any atom is -0.496 e. The molecule has 0 fully saturated rings. The Balaban J connectivity index is 2.47. The molecule has 0 atom stereocenters. The Morgan fingerprint density at radius 2 is 2.11 bits per heavy atom. The van der Waals surface area contributed by atoms with Crippen LogP contribution in [0.2, 0.25) is 0 Å². The number of aromatic amines is 1. The van der Waals surface area contributed by atoms with Crippen molar-refractivity contribution in [2.45, 2.75) is 27.2 Å². The van der Waals surface area contributed by atoms with Gasteiger partial charge in [0.1, 0.15) is 11.6 Å². The molecular weight excluding hydrogens is 238 g/mol. The van der Waals surface area contributed by atoms with Gasteiger partial charge in [-0.1, -0.05) is 26.0 Å². The van der Waals surface area contributed by atoms with E-state index >= 15 is 0 Å². The van der Waals surface area contributed by atoms with Gasteiger partial charge in [-0.2, -0.15) is 5.10 Å². The second-order valence-corrected chi connectivity index (χ2v) is 5.24. The number of nitrogens with zero attached hydrogens (tertiary/aromatic N) is 1. The van der Waals surface area contributed by atoms with E-state index < -0.39 is 0 Å². The lowest BCUT2D eigenvalue weighted by atomic mass is 9.98. The van der Waals surface area contributed by atoms with Gasteiger partial charge in [-0.15, -0.1) is 0 Å². The summed E-state index contributed by atoms with van der Waals surface area (Å²) in [6.45, 7) is 6.37. The largest absolute Gasteiger partial charge is 0.496 e. The van der Waals surface area contributed by atoms with Gasteiger partial charge >= 0.3 is 0 Å². The van der Waals surface area contributed by atoms with Gasteiger partial charge in [0.25, 0.3) is 0 Å². The van der Waals surface area contributed by atoms with Crippen LogP contribution in [0.5, 0.6) is 5.75 Å². The van der Waals surface area contributed by atoms with Crippen molar-refractivity contribution in [2.75, 3.05) is 12.8 Å². The molecule has 0 amide bonds. The quantitative estimate of drug-likeness (QED) is 0.886. The molecule has 0 saturated heterocycles. The molecule has 0 radical (unpaired) electrons. The van der Waals surface area contributed by atoms with E-state index in [1.165, 1.54) is 0 Å². The molecule has 1 heterocycles. The number of methoxy groups -OCH3 is 1. The van der Waals surface area contributed by atoms with Crippen LogP contribution in [-0.4, -0.2) is 17.3 Å². The summed E-state index contributed by atoms with van der Waals surface area (Å²) in [5, 5.41) is 7.17. The summed E-state index contributed by atoms with van der Waals surface area (Å²) in [4.78, 5) is 0. The first-order valence-electron chi connectivity index (χ1n) is 6.50. The van der Waals surface area contributed by atoms with Crippen molar-refractivity contribution in [3.63, 3.8) is 0 Å². The molecule has 19 heavy (non-hydrogen) atoms. The van der Waals surface area contributed by atoms with Gasteiger partial charge in [0.15, 0.2) is 0 Å². The van der Waals surface area contributed by atoms with E-state index in [1.54, 1.807) is 7.11 Å². The van der Waals surface area contributed by atoms with Crippen LogP contribution in [0.3, 0.4) is 0 Å². The molecule has 0 aliphatic heterocycles. The summed E-state index contributed by atoms with van der Waals surface area (Å²) < 4.78 is 5.37. The van der Waals surface area contributed by atoms with Gasteiger partial charge in [-0.25, -0.2) is 0 Å². The number of ether oxygens (including phenoxy) is 1. The van der Waals surface area contributed by atoms with Crippen molar-refractivity contribution in [2.24, 2.45) is 5.92 Å². The Kier molecular flexibility index (Phi) is 3.79. The molecule has 0 spiro atoms. The highest BCUT2D eigenvalue weighted by atomic mass is 16.5. The zero-order valence-electron chi connectivity index (χ0n) is 11.9. The number of aromatic nitrogens is 2. The van der Waals surface area contributed by atoms with Crippen molar-refractivity contribution in [1.29, 1.82) is 0 Å². The lowest BCUT2D eigenvalue weighted by Gasteiger charge is -2.10. The van der Waals surface area contributed by atoms with Crippen LogP contribution in [-0.2, 0) is 6.42 Å². The van der Waals surface area contributed by atoms with Gasteiger partial charge in [0.2, 0.25) is 0 Å². The average molecular weight is 259 g/mol. The number of benzene rings is 1. The molecule has 3 N–H and O–H groups in total. The van der Waals surface area contributed by atoms with Crippen molar-refractivity contribution in [3.05, 3.63) is 29.3 Å². The smallest absolute Gasteiger partial charge is 0.149 e. The highest BCUT2D eigenvalue weighted by Crippen LogP contribution is 2.31. The number of anilines is 1. The molecule has 0 aliphatic carbocycles. The zero-order valence-corrected chi connectivity index (χ0v) is 11.9. The third kappa shape index (κ3) is 2.72. The van der Waals surface area contributed by atoms with Crippen LogP contribution in [0.1, 0.15) is 25.0 Å². The normalized spacial score (nSPS) is 11.0. The summed E-state index contributed by atoms with van der Waals surface area (Å²) >= 11 is 0. The Morgan fingerprint density at radius 3 is 2.74 bits per heavy atom. The fraction of sp³-hybridized carbons (Fsp3) is 0.400. The minimum atomic E-state index is 0.533. The van der Waals surface area contributed by atoms with Crippen molar-refractivity contribution in [3.8, 4) is 17.0 Å². The predicted molar refractivity (Wildman–Crippen MR) is 78.3 cm³/mol. The van der Waals surface area contributed by atoms with Gasteiger partial charge in [-0.05, 0) is 30.9 Å². The lowest BCUT2D eigenvalue weighted by Crippen LogP contribution is -1.99. The standard InChI is InChI=1S/C15H21N3O/c1-9(2)7-12-14(17-18-15(12)16)11-6-5-10(3)13(8-11)19-4/h5-6,8-9H,7H2,1-4H3,(H3,16,17,18). The Hall–Kier alpha value is -1.97. The number of nitrogens with one attached hydrogen (secondary N) is 1. The first-order valence-corrected chi connectivity index (χ1v) is 6.50. The third-order valence-electron chi connectivity index (χ3n) is 3.21. The number of hydrogen-bond donors (Lipinski definition) is 2. The zero-order chi connectivity index (χ0) is 14.0. The summed E-state index contributed by atoms with van der Waals surface area (Å²) in [6.07, 6.45) is 0.911. The predicted octanol–water partition coefficient (Wildman–Crippen LogP) is 3.17. The second kappa shape index (κ2) is 5.34. The SMILES string of the molecule is COc1cc(-c2[nH]nc(N)c2CC(C)C)ccc1C. The average Bonchev–Trinajstić information content (AvgIpc) is 2.71. The third-order valence-corrected chi connectivity index (χ3v) is 3.21. The molecule has 4 heteroatoms. The number of hydrogen-bond acceptors (Lipinski definition) is 3. The number of nitrogens with two attached hydrogens (primary N) is 1. The topological polar surface area (TPSA) is 63.9 Å². The Bertz CT molecular complexity index is 573. The van der Waals surface area contributed by atoms with Crippen molar-refractivity contribution < 1.29 is 4.74 Å². The highest BCUT2D eigenvalue weighted by Gasteiger charge is 2.14. The van der Waals surface area contributed by atoms with Gasteiger partial charge in [0, 0.05) is 11.1 Å². The van der Waals surface area contributed by atoms with Crippen LogP contribution in [0.25, 0.3) is 11.3 Å². The summed E-state index contributed by atoms with van der Waals surface area (Å²) in [6, 6.07) is 6.13. The van der Waals surface area contributed by atoms with E-state index in [0.29, 0.717) is 11.7 Å². The molecule has 2 aromatic rings. The molecule has 0 unspecified atom stereocenters. The molecular formula is C15H21N3O. The van der Waals surface area contributed by atoms with Crippen LogP contribution >= 0.6 is 0 Å². The number of nitrogen functional groups attached to an aromatic ring is 1. The van der Waals surface area contributed by atoms with E-state index in [9.17, 15) is 0 Å². The fourth-order valence-electron chi connectivity index (χ4n) is 2.21. The van der Waals surface area contributed by atoms with E-state index in [0.717, 1.165) is 34.6 Å². The molecule has 0 aliphatic rings. The lowest BCUT2D eigenvalue weighted by molar-refractivity contribution is 0.412. The van der Waals surface area contributed by atoms with E-state index in [1.807, 2.05) is 19.1 Å². The maximum Gasteiger partial charge on any atom is 0.149 e. The number of H-pyrrole nitrogens is 1. The highest BCUT2D eigenvalue weighted by molar-refractivity contribution is 5.69. The van der Waals surface area contributed by atoms with Crippen LogP contribution in [0.15, 0.2) is 18.2 Å². The maximum atomic E-state index is 5.95. The molecule has 0 bridgehead atoms. The van der Waals surface area contributed by atoms with Crippen LogP contribution in [0, 0.1) is 12.8 Å². The molecule has 4 nitrogen and oxygen atoms in total.